The maximum Gasteiger partial charge on any atom is 0.152 e. The monoisotopic (exact) mass is 221 g/mol. The lowest BCUT2D eigenvalue weighted by Gasteiger charge is -2.10. The summed E-state index contributed by atoms with van der Waals surface area (Å²) in [7, 11) is 0. The van der Waals surface area contributed by atoms with Crippen molar-refractivity contribution < 1.29 is 10.2 Å². The molecule has 0 spiro atoms. The third kappa shape index (κ3) is 2.25. The van der Waals surface area contributed by atoms with Gasteiger partial charge >= 0.3 is 0 Å². The van der Waals surface area contributed by atoms with Gasteiger partial charge in [-0.05, 0) is 17.7 Å². The van der Waals surface area contributed by atoms with Crippen LogP contribution in [0.25, 0.3) is 0 Å². The number of halogens is 2. The molecule has 0 aromatic heterocycles. The molecular formula is C8H9Cl2NO2. The fraction of sp³-hybridized carbons (Fsp3) is 0.250. The first kappa shape index (κ1) is 10.6. The van der Waals surface area contributed by atoms with Crippen molar-refractivity contribution in [2.45, 2.75) is 6.04 Å². The molecule has 0 bridgehead atoms. The van der Waals surface area contributed by atoms with E-state index in [1.807, 2.05) is 0 Å². The molecule has 3 nitrogen and oxygen atoms in total. The van der Waals surface area contributed by atoms with Crippen LogP contribution < -0.4 is 5.73 Å². The van der Waals surface area contributed by atoms with Crippen LogP contribution in [0.4, 0.5) is 0 Å². The number of hydrogen-bond donors (Lipinski definition) is 3. The van der Waals surface area contributed by atoms with Gasteiger partial charge in [-0.1, -0.05) is 23.2 Å². The fourth-order valence-corrected chi connectivity index (χ4v) is 1.41. The fourth-order valence-electron chi connectivity index (χ4n) is 0.905. The Morgan fingerprint density at radius 2 is 1.77 bits per heavy atom. The van der Waals surface area contributed by atoms with Gasteiger partial charge in [0.2, 0.25) is 0 Å². The summed E-state index contributed by atoms with van der Waals surface area (Å²) in [5.74, 6) is -0.169. The van der Waals surface area contributed by atoms with Crippen LogP contribution in [0.3, 0.4) is 0 Å². The molecule has 0 aliphatic carbocycles. The van der Waals surface area contributed by atoms with E-state index in [0.717, 1.165) is 0 Å². The molecule has 13 heavy (non-hydrogen) atoms. The van der Waals surface area contributed by atoms with Crippen molar-refractivity contribution in [1.82, 2.24) is 0 Å². The highest BCUT2D eigenvalue weighted by molar-refractivity contribution is 6.37. The van der Waals surface area contributed by atoms with Gasteiger partial charge in [0.1, 0.15) is 0 Å². The average molecular weight is 222 g/mol. The zero-order chi connectivity index (χ0) is 10.0. The lowest BCUT2D eigenvalue weighted by atomic mass is 10.1. The molecule has 0 aliphatic heterocycles. The molecule has 1 atom stereocenters. The van der Waals surface area contributed by atoms with Crippen molar-refractivity contribution in [3.05, 3.63) is 27.7 Å². The molecule has 0 heterocycles. The highest BCUT2D eigenvalue weighted by Crippen LogP contribution is 2.33. The van der Waals surface area contributed by atoms with Gasteiger partial charge in [0.15, 0.2) is 5.75 Å². The number of nitrogens with two attached hydrogens (primary N) is 1. The smallest absolute Gasteiger partial charge is 0.152 e. The maximum absolute atomic E-state index is 9.22. The van der Waals surface area contributed by atoms with Crippen LogP contribution in [0.2, 0.25) is 10.0 Å². The zero-order valence-corrected chi connectivity index (χ0v) is 8.18. The van der Waals surface area contributed by atoms with Gasteiger partial charge in [-0.15, -0.1) is 0 Å². The zero-order valence-electron chi connectivity index (χ0n) is 6.67. The number of hydrogen-bond acceptors (Lipinski definition) is 3. The van der Waals surface area contributed by atoms with Gasteiger partial charge in [-0.3, -0.25) is 0 Å². The number of aromatic hydroxyl groups is 1. The molecule has 5 heteroatoms. The minimum absolute atomic E-state index is 0.131. The van der Waals surface area contributed by atoms with Crippen molar-refractivity contribution in [3.8, 4) is 5.75 Å². The molecule has 0 aliphatic rings. The van der Waals surface area contributed by atoms with Crippen molar-refractivity contribution in [2.75, 3.05) is 6.61 Å². The van der Waals surface area contributed by atoms with E-state index < -0.39 is 6.04 Å². The van der Waals surface area contributed by atoms with Crippen LogP contribution in [0, 0.1) is 0 Å². The van der Waals surface area contributed by atoms with Crippen LogP contribution >= 0.6 is 23.2 Å². The quantitative estimate of drug-likeness (QED) is 0.713. The standard InChI is InChI=1S/C8H9Cl2NO2/c9-5-1-4(7(11)3-12)2-6(10)8(5)13/h1-2,7,12-13H,3,11H2/t7-/m1/s1. The molecule has 72 valence electrons. The third-order valence-electron chi connectivity index (χ3n) is 1.66. The SMILES string of the molecule is N[C@H](CO)c1cc(Cl)c(O)c(Cl)c1. The first-order valence-corrected chi connectivity index (χ1v) is 4.36. The Morgan fingerprint density at radius 3 is 2.15 bits per heavy atom. The number of aliphatic hydroxyl groups is 1. The minimum Gasteiger partial charge on any atom is -0.505 e. The predicted molar refractivity (Wildman–Crippen MR) is 52.1 cm³/mol. The Hall–Kier alpha value is -0.480. The summed E-state index contributed by atoms with van der Waals surface area (Å²) in [6.07, 6.45) is 0. The highest BCUT2D eigenvalue weighted by atomic mass is 35.5. The van der Waals surface area contributed by atoms with Crippen molar-refractivity contribution in [3.63, 3.8) is 0 Å². The minimum atomic E-state index is -0.532. The Balaban J connectivity index is 3.13. The average Bonchev–Trinajstić information content (AvgIpc) is 2.12. The number of phenols is 1. The van der Waals surface area contributed by atoms with E-state index >= 15 is 0 Å². The summed E-state index contributed by atoms with van der Waals surface area (Å²) in [6, 6.07) is 2.42. The van der Waals surface area contributed by atoms with E-state index in [2.05, 4.69) is 0 Å². The Bertz CT molecular complexity index is 294. The second-order valence-electron chi connectivity index (χ2n) is 2.62. The second kappa shape index (κ2) is 4.15. The summed E-state index contributed by atoms with van der Waals surface area (Å²) in [6.45, 7) is -0.197. The van der Waals surface area contributed by atoms with E-state index in [-0.39, 0.29) is 22.4 Å². The molecular weight excluding hydrogens is 213 g/mol. The first-order valence-electron chi connectivity index (χ1n) is 3.60. The summed E-state index contributed by atoms with van der Waals surface area (Å²) in [5.41, 5.74) is 6.13. The van der Waals surface area contributed by atoms with Crippen LogP contribution in [0.1, 0.15) is 11.6 Å². The number of rotatable bonds is 2. The first-order chi connectivity index (χ1) is 6.06. The largest absolute Gasteiger partial charge is 0.505 e. The Labute approximate surface area is 85.7 Å². The Morgan fingerprint density at radius 1 is 1.31 bits per heavy atom. The van der Waals surface area contributed by atoms with Gasteiger partial charge in [0.05, 0.1) is 22.7 Å². The summed E-state index contributed by atoms with van der Waals surface area (Å²) < 4.78 is 0. The number of phenolic OH excluding ortho intramolecular Hbond substituents is 1. The molecule has 0 radical (unpaired) electrons. The molecule has 4 N–H and O–H groups in total. The predicted octanol–water partition coefficient (Wildman–Crippen LogP) is 1.69. The van der Waals surface area contributed by atoms with Crippen LogP contribution in [-0.4, -0.2) is 16.8 Å². The molecule has 1 aromatic rings. The third-order valence-corrected chi connectivity index (χ3v) is 2.24. The van der Waals surface area contributed by atoms with E-state index in [4.69, 9.17) is 34.0 Å². The van der Waals surface area contributed by atoms with E-state index in [1.165, 1.54) is 12.1 Å². The molecule has 0 fully saturated rings. The van der Waals surface area contributed by atoms with Crippen LogP contribution in [0.5, 0.6) is 5.75 Å². The van der Waals surface area contributed by atoms with Gasteiger partial charge < -0.3 is 15.9 Å². The van der Waals surface area contributed by atoms with Gasteiger partial charge in [-0.2, -0.15) is 0 Å². The van der Waals surface area contributed by atoms with E-state index in [9.17, 15) is 5.11 Å². The topological polar surface area (TPSA) is 66.5 Å². The molecule has 0 saturated carbocycles. The molecule has 0 unspecified atom stereocenters. The van der Waals surface area contributed by atoms with Crippen molar-refractivity contribution >= 4 is 23.2 Å². The van der Waals surface area contributed by atoms with Crippen LogP contribution in [0.15, 0.2) is 12.1 Å². The second-order valence-corrected chi connectivity index (χ2v) is 3.44. The van der Waals surface area contributed by atoms with Gasteiger partial charge in [-0.25, -0.2) is 0 Å². The molecule has 0 saturated heterocycles. The molecule has 1 aromatic carbocycles. The van der Waals surface area contributed by atoms with Gasteiger partial charge in [0, 0.05) is 0 Å². The summed E-state index contributed by atoms with van der Waals surface area (Å²) in [5, 5.41) is 18.2. The molecule has 1 rings (SSSR count). The maximum atomic E-state index is 9.22. The van der Waals surface area contributed by atoms with Crippen molar-refractivity contribution in [2.24, 2.45) is 5.73 Å². The van der Waals surface area contributed by atoms with E-state index in [1.54, 1.807) is 0 Å². The van der Waals surface area contributed by atoms with Crippen LogP contribution in [-0.2, 0) is 0 Å². The number of aliphatic hydroxyl groups excluding tert-OH is 1. The lowest BCUT2D eigenvalue weighted by molar-refractivity contribution is 0.268. The Kier molecular flexibility index (Phi) is 3.39. The van der Waals surface area contributed by atoms with Gasteiger partial charge in [0.25, 0.3) is 0 Å². The normalized spacial score (nSPS) is 12.9. The lowest BCUT2D eigenvalue weighted by Crippen LogP contribution is -2.14. The molecule has 0 amide bonds. The number of benzene rings is 1. The van der Waals surface area contributed by atoms with Crippen molar-refractivity contribution in [1.29, 1.82) is 0 Å². The summed E-state index contributed by atoms with van der Waals surface area (Å²) >= 11 is 11.3. The summed E-state index contributed by atoms with van der Waals surface area (Å²) in [4.78, 5) is 0. The van der Waals surface area contributed by atoms with E-state index in [0.29, 0.717) is 5.56 Å². The highest BCUT2D eigenvalue weighted by Gasteiger charge is 2.10.